The molecule has 0 aliphatic carbocycles. The molecule has 0 saturated carbocycles. The Bertz CT molecular complexity index is 1440. The third kappa shape index (κ3) is 4.05. The Kier molecular flexibility index (Phi) is 5.29. The quantitative estimate of drug-likeness (QED) is 0.433. The molecule has 2 saturated heterocycles. The Balaban J connectivity index is 1.17. The molecule has 2 aliphatic rings. The van der Waals surface area contributed by atoms with Gasteiger partial charge in [-0.2, -0.15) is 5.10 Å². The Morgan fingerprint density at radius 2 is 1.80 bits per heavy atom. The monoisotopic (exact) mass is 472 g/mol. The maximum Gasteiger partial charge on any atom is 0.276 e. The van der Waals surface area contributed by atoms with Gasteiger partial charge in [0.15, 0.2) is 5.78 Å². The summed E-state index contributed by atoms with van der Waals surface area (Å²) in [6.45, 7) is 3.91. The highest BCUT2D eigenvalue weighted by atomic mass is 16.5. The predicted octanol–water partition coefficient (Wildman–Crippen LogP) is 2.99. The molecule has 4 aromatic rings. The first-order valence-corrected chi connectivity index (χ1v) is 12.1. The zero-order chi connectivity index (χ0) is 24.1. The third-order valence-electron chi connectivity index (χ3n) is 7.26. The molecule has 0 radical (unpaired) electrons. The van der Waals surface area contributed by atoms with Crippen LogP contribution in [0.2, 0.25) is 0 Å². The van der Waals surface area contributed by atoms with Crippen LogP contribution in [0.25, 0.3) is 11.5 Å². The van der Waals surface area contributed by atoms with Crippen LogP contribution in [0, 0.1) is 19.8 Å². The number of aromatic amines is 1. The molecule has 5 heterocycles. The van der Waals surface area contributed by atoms with Crippen molar-refractivity contribution in [1.82, 2.24) is 29.7 Å². The number of fused-ring (bicyclic) bond motifs is 3. The number of benzene rings is 1. The van der Waals surface area contributed by atoms with Gasteiger partial charge in [0.1, 0.15) is 17.4 Å². The van der Waals surface area contributed by atoms with E-state index in [1.54, 1.807) is 24.5 Å². The number of piperidine rings is 2. The maximum atomic E-state index is 13.5. The highest BCUT2D eigenvalue weighted by Gasteiger charge is 2.39. The molecule has 2 atom stereocenters. The van der Waals surface area contributed by atoms with Crippen LogP contribution in [-0.2, 0) is 0 Å². The summed E-state index contributed by atoms with van der Waals surface area (Å²) >= 11 is 0. The van der Waals surface area contributed by atoms with Crippen LogP contribution in [0.3, 0.4) is 0 Å². The van der Waals surface area contributed by atoms with E-state index in [4.69, 9.17) is 4.74 Å². The zero-order valence-electron chi connectivity index (χ0n) is 19.8. The fourth-order valence-corrected chi connectivity index (χ4v) is 5.54. The van der Waals surface area contributed by atoms with Gasteiger partial charge in [0.25, 0.3) is 5.56 Å². The molecule has 6 rings (SSSR count). The summed E-state index contributed by atoms with van der Waals surface area (Å²) in [7, 11) is 0. The van der Waals surface area contributed by atoms with E-state index in [0.717, 1.165) is 31.4 Å². The van der Waals surface area contributed by atoms with E-state index in [0.29, 0.717) is 16.8 Å². The van der Waals surface area contributed by atoms with Gasteiger partial charge in [-0.25, -0.2) is 9.20 Å². The first-order chi connectivity index (χ1) is 16.9. The van der Waals surface area contributed by atoms with Crippen molar-refractivity contribution in [3.63, 3.8) is 0 Å². The molecule has 2 N–H and O–H groups in total. The minimum absolute atomic E-state index is 0.0677. The molecule has 2 bridgehead atoms. The highest BCUT2D eigenvalue weighted by molar-refractivity contribution is 5.98. The van der Waals surface area contributed by atoms with E-state index in [1.807, 2.05) is 19.1 Å². The molecule has 9 nitrogen and oxygen atoms in total. The number of aryl methyl sites for hydroxylation is 1. The van der Waals surface area contributed by atoms with Crippen molar-refractivity contribution < 1.29 is 9.53 Å². The van der Waals surface area contributed by atoms with Gasteiger partial charge in [0, 0.05) is 24.2 Å². The Morgan fingerprint density at radius 3 is 2.54 bits per heavy atom. The average Bonchev–Trinajstić information content (AvgIpc) is 3.46. The molecule has 9 heteroatoms. The number of carbonyl (C=O) groups excluding carboxylic acids is 1. The number of nitrogens with one attached hydrogen (secondary N) is 2. The number of ether oxygens (including phenoxy) is 1. The molecular weight excluding hydrogens is 444 g/mol. The van der Waals surface area contributed by atoms with E-state index >= 15 is 0 Å². The van der Waals surface area contributed by atoms with Gasteiger partial charge in [-0.3, -0.25) is 14.6 Å². The molecule has 2 unspecified atom stereocenters. The fourth-order valence-electron chi connectivity index (χ4n) is 5.54. The second-order valence-corrected chi connectivity index (χ2v) is 9.79. The van der Waals surface area contributed by atoms with E-state index in [1.165, 1.54) is 14.8 Å². The van der Waals surface area contributed by atoms with Crippen molar-refractivity contribution in [1.29, 1.82) is 0 Å². The van der Waals surface area contributed by atoms with Crippen LogP contribution >= 0.6 is 0 Å². The Hall–Kier alpha value is -3.72. The largest absolute Gasteiger partial charge is 0.490 e. The van der Waals surface area contributed by atoms with Crippen molar-refractivity contribution in [2.24, 2.45) is 5.92 Å². The fraction of sp³-hybridized carbons (Fsp3) is 0.385. The minimum Gasteiger partial charge on any atom is -0.490 e. The number of carbonyl (C=O) groups is 1. The first-order valence-electron chi connectivity index (χ1n) is 12.1. The van der Waals surface area contributed by atoms with Crippen LogP contribution in [0.1, 0.15) is 47.3 Å². The van der Waals surface area contributed by atoms with Crippen LogP contribution in [-0.4, -0.2) is 48.3 Å². The molecule has 1 aromatic carbocycles. The van der Waals surface area contributed by atoms with Gasteiger partial charge in [-0.1, -0.05) is 17.7 Å². The number of aromatic nitrogens is 5. The van der Waals surface area contributed by atoms with Crippen LogP contribution < -0.4 is 15.6 Å². The second-order valence-electron chi connectivity index (χ2n) is 9.79. The van der Waals surface area contributed by atoms with Gasteiger partial charge < -0.3 is 10.1 Å². The zero-order valence-corrected chi connectivity index (χ0v) is 19.8. The Morgan fingerprint density at radius 1 is 1.06 bits per heavy atom. The summed E-state index contributed by atoms with van der Waals surface area (Å²) in [5.41, 5.74) is 2.68. The van der Waals surface area contributed by atoms with Gasteiger partial charge in [0.05, 0.1) is 17.5 Å². The normalized spacial score (nSPS) is 23.9. The molecule has 3 aromatic heterocycles. The van der Waals surface area contributed by atoms with Crippen LogP contribution in [0.4, 0.5) is 0 Å². The van der Waals surface area contributed by atoms with Gasteiger partial charge in [-0.05, 0) is 63.8 Å². The molecule has 0 amide bonds. The Labute approximate surface area is 202 Å². The summed E-state index contributed by atoms with van der Waals surface area (Å²) in [5.74, 6) is 1.23. The number of nitrogens with zero attached hydrogens (tertiary/aromatic N) is 4. The van der Waals surface area contributed by atoms with Crippen molar-refractivity contribution >= 4 is 11.3 Å². The number of H-pyrrole nitrogens is 1. The van der Waals surface area contributed by atoms with E-state index < -0.39 is 0 Å². The minimum atomic E-state index is -0.253. The van der Waals surface area contributed by atoms with Crippen molar-refractivity contribution in [3.05, 3.63) is 76.0 Å². The smallest absolute Gasteiger partial charge is 0.276 e. The number of rotatable bonds is 5. The number of Topliss-reactive ketones (excluding diaryl/α,β-unsaturated/α-hetero) is 1. The van der Waals surface area contributed by atoms with Crippen molar-refractivity contribution in [2.75, 3.05) is 0 Å². The second kappa shape index (κ2) is 8.49. The average molecular weight is 473 g/mol. The van der Waals surface area contributed by atoms with Gasteiger partial charge in [0.2, 0.25) is 5.95 Å². The lowest BCUT2D eigenvalue weighted by molar-refractivity contribution is 0.0613. The lowest BCUT2D eigenvalue weighted by atomic mass is 9.76. The van der Waals surface area contributed by atoms with Gasteiger partial charge in [-0.15, -0.1) is 5.10 Å². The molecule has 35 heavy (non-hydrogen) atoms. The van der Waals surface area contributed by atoms with Crippen LogP contribution in [0.15, 0.2) is 53.6 Å². The number of ketones is 1. The molecule has 0 spiro atoms. The first kappa shape index (κ1) is 21.8. The lowest BCUT2D eigenvalue weighted by Gasteiger charge is -2.43. The molecular formula is C26H28N6O3. The van der Waals surface area contributed by atoms with Gasteiger partial charge >= 0.3 is 0 Å². The summed E-state index contributed by atoms with van der Waals surface area (Å²) in [6, 6.07) is 12.1. The van der Waals surface area contributed by atoms with E-state index in [9.17, 15) is 9.59 Å². The summed E-state index contributed by atoms with van der Waals surface area (Å²) < 4.78 is 9.30. The standard InChI is InChI=1S/C26H28N6O3/c1-15-5-7-20(8-6-15)35-21-12-18-10-17(11-19(13-21)28-18)24(33)22-14-27-32(16(22)2)26-29-25(34)23-4-3-9-31(23)30-26/h3-9,14,17-19,21,28H,10-13H2,1-2H3,(H,29,30,34). The van der Waals surface area contributed by atoms with E-state index in [2.05, 4.69) is 39.6 Å². The third-order valence-corrected chi connectivity index (χ3v) is 7.26. The number of hydrogen-bond donors (Lipinski definition) is 2. The number of hydrogen-bond acceptors (Lipinski definition) is 6. The van der Waals surface area contributed by atoms with Crippen molar-refractivity contribution in [3.8, 4) is 11.7 Å². The topological polar surface area (TPSA) is 106 Å². The van der Waals surface area contributed by atoms with E-state index in [-0.39, 0.29) is 41.4 Å². The van der Waals surface area contributed by atoms with Crippen molar-refractivity contribution in [2.45, 2.75) is 57.7 Å². The predicted molar refractivity (Wildman–Crippen MR) is 130 cm³/mol. The molecule has 180 valence electrons. The lowest BCUT2D eigenvalue weighted by Crippen LogP contribution is -2.54. The summed E-state index contributed by atoms with van der Waals surface area (Å²) in [5, 5.41) is 12.5. The summed E-state index contributed by atoms with van der Waals surface area (Å²) in [6.07, 6.45) is 6.78. The summed E-state index contributed by atoms with van der Waals surface area (Å²) in [4.78, 5) is 28.7. The maximum absolute atomic E-state index is 13.5. The molecule has 2 fully saturated rings. The SMILES string of the molecule is Cc1ccc(OC2CC3CC(C(=O)c4cnn(-c5nn6cccc6c(=O)[nH]5)c4C)CC(C2)N3)cc1. The van der Waals surface area contributed by atoms with Crippen LogP contribution in [0.5, 0.6) is 5.75 Å². The highest BCUT2D eigenvalue weighted by Crippen LogP contribution is 2.34. The molecule has 2 aliphatic heterocycles.